The van der Waals surface area contributed by atoms with E-state index in [1.807, 2.05) is 13.8 Å². The molecular weight excluding hydrogens is 194 g/mol. The summed E-state index contributed by atoms with van der Waals surface area (Å²) in [7, 11) is 1.71. The van der Waals surface area contributed by atoms with Gasteiger partial charge in [0.05, 0.1) is 18.3 Å². The zero-order chi connectivity index (χ0) is 11.3. The molecule has 0 aliphatic heterocycles. The molecule has 0 spiro atoms. The van der Waals surface area contributed by atoms with E-state index in [-0.39, 0.29) is 18.3 Å². The molecule has 1 saturated carbocycles. The van der Waals surface area contributed by atoms with Gasteiger partial charge in [0.1, 0.15) is 0 Å². The molecule has 4 nitrogen and oxygen atoms in total. The molecule has 0 radical (unpaired) electrons. The van der Waals surface area contributed by atoms with Gasteiger partial charge in [-0.25, -0.2) is 0 Å². The third kappa shape index (κ3) is 3.41. The minimum atomic E-state index is -0.256. The van der Waals surface area contributed by atoms with Gasteiger partial charge in [0.25, 0.3) is 0 Å². The van der Waals surface area contributed by atoms with E-state index in [0.29, 0.717) is 12.6 Å². The summed E-state index contributed by atoms with van der Waals surface area (Å²) in [6.45, 7) is 5.34. The topological polar surface area (TPSA) is 50.7 Å². The highest BCUT2D eigenvalue weighted by Gasteiger charge is 2.41. The van der Waals surface area contributed by atoms with Crippen molar-refractivity contribution in [1.82, 2.24) is 5.32 Å². The molecule has 1 aliphatic rings. The summed E-state index contributed by atoms with van der Waals surface area (Å²) in [5, 5.41) is 12.7. The number of rotatable bonds is 7. The Morgan fingerprint density at radius 2 is 2.20 bits per heavy atom. The second kappa shape index (κ2) is 6.43. The molecule has 1 aliphatic carbocycles. The van der Waals surface area contributed by atoms with Gasteiger partial charge in [-0.1, -0.05) is 6.92 Å². The quantitative estimate of drug-likeness (QED) is 0.653. The van der Waals surface area contributed by atoms with E-state index in [9.17, 15) is 5.11 Å². The predicted octanol–water partition coefficient (Wildman–Crippen LogP) is 0.539. The first-order valence-electron chi connectivity index (χ1n) is 5.78. The van der Waals surface area contributed by atoms with Crippen molar-refractivity contribution in [1.29, 1.82) is 0 Å². The van der Waals surface area contributed by atoms with E-state index in [1.165, 1.54) is 0 Å². The molecule has 0 saturated heterocycles. The van der Waals surface area contributed by atoms with Gasteiger partial charge in [0.15, 0.2) is 0 Å². The van der Waals surface area contributed by atoms with Gasteiger partial charge in [0.2, 0.25) is 0 Å². The molecule has 0 aromatic carbocycles. The van der Waals surface area contributed by atoms with Gasteiger partial charge >= 0.3 is 0 Å². The minimum Gasteiger partial charge on any atom is -0.392 e. The highest BCUT2D eigenvalue weighted by molar-refractivity contribution is 4.97. The maximum absolute atomic E-state index is 9.42. The molecule has 1 rings (SSSR count). The number of nitrogens with one attached hydrogen (secondary N) is 1. The van der Waals surface area contributed by atoms with Gasteiger partial charge < -0.3 is 19.9 Å². The van der Waals surface area contributed by atoms with Gasteiger partial charge in [-0.15, -0.1) is 0 Å². The van der Waals surface area contributed by atoms with Gasteiger partial charge in [-0.05, 0) is 19.8 Å². The number of hydrogen-bond donors (Lipinski definition) is 2. The second-order valence-electron chi connectivity index (χ2n) is 4.01. The fourth-order valence-electron chi connectivity index (χ4n) is 1.91. The number of methoxy groups -OCH3 is 1. The predicted molar refractivity (Wildman–Crippen MR) is 58.9 cm³/mol. The van der Waals surface area contributed by atoms with Crippen LogP contribution in [0.15, 0.2) is 0 Å². The average Bonchev–Trinajstić information content (AvgIpc) is 2.22. The van der Waals surface area contributed by atoms with Crippen LogP contribution >= 0.6 is 0 Å². The van der Waals surface area contributed by atoms with E-state index >= 15 is 0 Å². The first kappa shape index (κ1) is 12.9. The Morgan fingerprint density at radius 3 is 2.73 bits per heavy atom. The Bertz CT molecular complexity index is 177. The van der Waals surface area contributed by atoms with Crippen molar-refractivity contribution in [2.75, 3.05) is 20.3 Å². The van der Waals surface area contributed by atoms with E-state index in [4.69, 9.17) is 9.47 Å². The first-order chi connectivity index (χ1) is 7.22. The lowest BCUT2D eigenvalue weighted by molar-refractivity contribution is -0.132. The molecule has 0 aromatic rings. The zero-order valence-electron chi connectivity index (χ0n) is 9.90. The molecule has 2 N–H and O–H groups in total. The molecule has 90 valence electrons. The molecule has 4 heteroatoms. The van der Waals surface area contributed by atoms with Crippen molar-refractivity contribution in [3.05, 3.63) is 0 Å². The number of aliphatic hydroxyl groups excluding tert-OH is 1. The summed E-state index contributed by atoms with van der Waals surface area (Å²) in [6.07, 6.45) is 1.86. The second-order valence-corrected chi connectivity index (χ2v) is 4.01. The summed E-state index contributed by atoms with van der Waals surface area (Å²) in [5.41, 5.74) is 0. The van der Waals surface area contributed by atoms with Gasteiger partial charge in [0, 0.05) is 26.3 Å². The van der Waals surface area contributed by atoms with Crippen LogP contribution in [0, 0.1) is 0 Å². The van der Waals surface area contributed by atoms with Crippen molar-refractivity contribution >= 4 is 0 Å². The largest absolute Gasteiger partial charge is 0.392 e. The van der Waals surface area contributed by atoms with Crippen molar-refractivity contribution in [3.63, 3.8) is 0 Å². The average molecular weight is 217 g/mol. The SMILES string of the molecule is CCOC1CC(NCC(O)CC)C1OC. The van der Waals surface area contributed by atoms with Crippen LogP contribution in [0.3, 0.4) is 0 Å². The number of hydrogen-bond acceptors (Lipinski definition) is 4. The van der Waals surface area contributed by atoms with Crippen LogP contribution in [0.2, 0.25) is 0 Å². The lowest BCUT2D eigenvalue weighted by atomic mass is 9.85. The highest BCUT2D eigenvalue weighted by atomic mass is 16.5. The van der Waals surface area contributed by atoms with Crippen molar-refractivity contribution in [2.24, 2.45) is 0 Å². The smallest absolute Gasteiger partial charge is 0.0986 e. The van der Waals surface area contributed by atoms with Crippen molar-refractivity contribution in [2.45, 2.75) is 51.0 Å². The summed E-state index contributed by atoms with van der Waals surface area (Å²) in [4.78, 5) is 0. The highest BCUT2D eigenvalue weighted by Crippen LogP contribution is 2.26. The van der Waals surface area contributed by atoms with Gasteiger partial charge in [-0.3, -0.25) is 0 Å². The summed E-state index contributed by atoms with van der Waals surface area (Å²) < 4.78 is 10.9. The molecule has 0 heterocycles. The molecule has 15 heavy (non-hydrogen) atoms. The van der Waals surface area contributed by atoms with Crippen LogP contribution < -0.4 is 5.32 Å². The fourth-order valence-corrected chi connectivity index (χ4v) is 1.91. The maximum atomic E-state index is 9.42. The standard InChI is InChI=1S/C11H23NO3/c1-4-8(13)7-12-9-6-10(15-5-2)11(9)14-3/h8-13H,4-7H2,1-3H3. The Kier molecular flexibility index (Phi) is 5.53. The molecule has 1 fully saturated rings. The molecule has 0 aromatic heterocycles. The Morgan fingerprint density at radius 1 is 1.47 bits per heavy atom. The van der Waals surface area contributed by atoms with Gasteiger partial charge in [-0.2, -0.15) is 0 Å². The molecule has 4 atom stereocenters. The number of aliphatic hydroxyl groups is 1. The molecule has 0 amide bonds. The van der Waals surface area contributed by atoms with Crippen LogP contribution in [-0.2, 0) is 9.47 Å². The normalized spacial score (nSPS) is 32.4. The Labute approximate surface area is 92.0 Å². The number of ether oxygens (including phenoxy) is 2. The molecule has 4 unspecified atom stereocenters. The zero-order valence-corrected chi connectivity index (χ0v) is 9.90. The lowest BCUT2D eigenvalue weighted by Crippen LogP contribution is -2.60. The Hall–Kier alpha value is -0.160. The van der Waals surface area contributed by atoms with Crippen molar-refractivity contribution < 1.29 is 14.6 Å². The maximum Gasteiger partial charge on any atom is 0.0986 e. The third-order valence-electron chi connectivity index (χ3n) is 2.99. The lowest BCUT2D eigenvalue weighted by Gasteiger charge is -2.43. The van der Waals surface area contributed by atoms with Crippen LogP contribution in [0.4, 0.5) is 0 Å². The van der Waals surface area contributed by atoms with Crippen LogP contribution in [0.1, 0.15) is 26.7 Å². The third-order valence-corrected chi connectivity index (χ3v) is 2.99. The van der Waals surface area contributed by atoms with E-state index in [2.05, 4.69) is 5.32 Å². The summed E-state index contributed by atoms with van der Waals surface area (Å²) >= 11 is 0. The van der Waals surface area contributed by atoms with Crippen LogP contribution in [-0.4, -0.2) is 49.7 Å². The molecule has 0 bridgehead atoms. The van der Waals surface area contributed by atoms with Crippen LogP contribution in [0.25, 0.3) is 0 Å². The van der Waals surface area contributed by atoms with E-state index < -0.39 is 0 Å². The van der Waals surface area contributed by atoms with Crippen molar-refractivity contribution in [3.8, 4) is 0 Å². The Balaban J connectivity index is 2.21. The summed E-state index contributed by atoms with van der Waals surface area (Å²) in [5.74, 6) is 0. The van der Waals surface area contributed by atoms with Crippen LogP contribution in [0.5, 0.6) is 0 Å². The minimum absolute atomic E-state index is 0.133. The fraction of sp³-hybridized carbons (Fsp3) is 1.00. The summed E-state index contributed by atoms with van der Waals surface area (Å²) in [6, 6.07) is 0.327. The van der Waals surface area contributed by atoms with E-state index in [1.54, 1.807) is 7.11 Å². The molecular formula is C11H23NO3. The monoisotopic (exact) mass is 217 g/mol. The van der Waals surface area contributed by atoms with E-state index in [0.717, 1.165) is 19.4 Å². The first-order valence-corrected chi connectivity index (χ1v) is 5.78.